The summed E-state index contributed by atoms with van der Waals surface area (Å²) in [6, 6.07) is 14.3. The van der Waals surface area contributed by atoms with Gasteiger partial charge in [0.05, 0.1) is 19.8 Å². The minimum Gasteiger partial charge on any atom is -0.490 e. The smallest absolute Gasteiger partial charge is 0.490 e. The van der Waals surface area contributed by atoms with Gasteiger partial charge in [-0.15, -0.1) is 18.2 Å². The number of methoxy groups -OCH3 is 1. The van der Waals surface area contributed by atoms with Crippen molar-refractivity contribution in [3.63, 3.8) is 0 Å². The second-order valence-electron chi connectivity index (χ2n) is 9.96. The summed E-state index contributed by atoms with van der Waals surface area (Å²) >= 11 is 0. The van der Waals surface area contributed by atoms with Crippen molar-refractivity contribution in [2.24, 2.45) is 5.92 Å². The number of nitrogens with zero attached hydrogens (tertiary/aromatic N) is 3. The van der Waals surface area contributed by atoms with Crippen LogP contribution in [0, 0.1) is 19.4 Å². The van der Waals surface area contributed by atoms with Gasteiger partial charge in [-0.1, -0.05) is 10.9 Å². The van der Waals surface area contributed by atoms with E-state index in [1.54, 1.807) is 13.2 Å². The molecule has 3 heterocycles. The van der Waals surface area contributed by atoms with E-state index in [2.05, 4.69) is 16.5 Å². The van der Waals surface area contributed by atoms with Gasteiger partial charge >= 0.3 is 18.6 Å². The molecule has 0 saturated carbocycles. The van der Waals surface area contributed by atoms with Gasteiger partial charge < -0.3 is 41.3 Å². The molecule has 213 valence electrons. The molecule has 10 heteroatoms. The summed E-state index contributed by atoms with van der Waals surface area (Å²) in [7, 11) is 1.60. The topological polar surface area (TPSA) is 94.9 Å². The number of fused-ring (bicyclic) bond motifs is 1. The Morgan fingerprint density at radius 3 is 2.50 bits per heavy atom. The van der Waals surface area contributed by atoms with Gasteiger partial charge in [-0.05, 0) is 49.2 Å². The Morgan fingerprint density at radius 1 is 1.07 bits per heavy atom. The van der Waals surface area contributed by atoms with Gasteiger partial charge in [-0.3, -0.25) is 4.79 Å². The molecule has 0 atom stereocenters. The van der Waals surface area contributed by atoms with Gasteiger partial charge in [-0.25, -0.2) is 5.10 Å². The van der Waals surface area contributed by atoms with E-state index in [4.69, 9.17) is 14.2 Å². The molecule has 3 aromatic rings. The number of benzene rings is 2. The van der Waals surface area contributed by atoms with Crippen LogP contribution in [0.25, 0.3) is 10.9 Å². The first-order valence-corrected chi connectivity index (χ1v) is 13.4. The van der Waals surface area contributed by atoms with Crippen LogP contribution in [-0.4, -0.2) is 79.2 Å². The van der Waals surface area contributed by atoms with E-state index in [-0.39, 0.29) is 43.9 Å². The fourth-order valence-electron chi connectivity index (χ4n) is 5.02. The van der Waals surface area contributed by atoms with Gasteiger partial charge in [0.15, 0.2) is 5.91 Å². The Bertz CT molecular complexity index is 1230. The molecule has 2 fully saturated rings. The molecule has 5 rings (SSSR count). The van der Waals surface area contributed by atoms with Crippen LogP contribution in [-0.2, 0) is 34.6 Å². The zero-order valence-electron chi connectivity index (χ0n) is 23.3. The summed E-state index contributed by atoms with van der Waals surface area (Å²) in [5.74, 6) is 1.13. The number of nitrogens with one attached hydrogen (secondary N) is 1. The molecule has 1 radical (unpaired) electrons. The number of aromatic nitrogens is 2. The maximum atomic E-state index is 13.1. The minimum absolute atomic E-state index is 0. The van der Waals surface area contributed by atoms with Crippen LogP contribution in [0.5, 0.6) is 5.75 Å². The number of likely N-dealkylation sites (tertiary alicyclic amines) is 1. The summed E-state index contributed by atoms with van der Waals surface area (Å²) in [5.41, 5.74) is 2.00. The SMILES string of the molecule is COCCNC(=O)c1[c-]c2cn(CC3CCN(C(=O)c4ccc(OC5CCOCC5)cc4)CC3)nc2cc1.[CH3-].[V+2]. The van der Waals surface area contributed by atoms with Crippen LogP contribution in [0.3, 0.4) is 0 Å². The number of carbonyl (C=O) groups excluding carboxylic acids is 2. The van der Waals surface area contributed by atoms with E-state index in [0.29, 0.717) is 30.2 Å². The molecule has 40 heavy (non-hydrogen) atoms. The largest absolute Gasteiger partial charge is 2.00 e. The van der Waals surface area contributed by atoms with E-state index in [1.165, 1.54) is 0 Å². The fourth-order valence-corrected chi connectivity index (χ4v) is 5.02. The molecule has 2 saturated heterocycles. The van der Waals surface area contributed by atoms with Crippen molar-refractivity contribution in [2.45, 2.75) is 38.3 Å². The maximum absolute atomic E-state index is 13.1. The van der Waals surface area contributed by atoms with E-state index >= 15 is 0 Å². The molecule has 2 aliphatic heterocycles. The second kappa shape index (κ2) is 15.2. The Balaban J connectivity index is 0.00000220. The summed E-state index contributed by atoms with van der Waals surface area (Å²) in [4.78, 5) is 27.3. The molecule has 0 unspecified atom stereocenters. The number of hydrogen-bond donors (Lipinski definition) is 1. The Labute approximate surface area is 248 Å². The van der Waals surface area contributed by atoms with Crippen molar-refractivity contribution < 1.29 is 42.4 Å². The third kappa shape index (κ3) is 8.10. The van der Waals surface area contributed by atoms with Crippen LogP contribution in [0.15, 0.2) is 42.6 Å². The number of carbonyl (C=O) groups is 2. The monoisotopic (exact) mass is 585 g/mol. The van der Waals surface area contributed by atoms with Crippen molar-refractivity contribution >= 4 is 22.7 Å². The number of hydrogen-bond acceptors (Lipinski definition) is 6. The maximum Gasteiger partial charge on any atom is 2.00 e. The predicted molar refractivity (Wildman–Crippen MR) is 149 cm³/mol. The fraction of sp³-hybridized carbons (Fsp3) is 0.467. The summed E-state index contributed by atoms with van der Waals surface area (Å²) in [5, 5.41) is 8.31. The molecule has 0 spiro atoms. The van der Waals surface area contributed by atoms with Gasteiger partial charge in [0.1, 0.15) is 11.9 Å². The standard InChI is InChI=1S/C29H35N4O5.CH3.V/c1-36-17-12-30-28(34)23-4-7-27-24(18-23)20-33(31-27)19-21-8-13-32(14-9-21)29(35)22-2-5-25(6-3-22)38-26-10-15-37-16-11-26;;/h2-7,20-21,26H,8-17,19H2,1H3,(H,30,34);1H3;/q2*-1;+2. The average Bonchev–Trinajstić information content (AvgIpc) is 3.35. The van der Waals surface area contributed by atoms with Crippen molar-refractivity contribution in [1.82, 2.24) is 20.0 Å². The molecule has 9 nitrogen and oxygen atoms in total. The molecule has 0 aliphatic carbocycles. The van der Waals surface area contributed by atoms with Crippen LogP contribution < -0.4 is 10.1 Å². The van der Waals surface area contributed by atoms with E-state index in [0.717, 1.165) is 75.2 Å². The quantitative estimate of drug-likeness (QED) is 0.304. The summed E-state index contributed by atoms with van der Waals surface area (Å²) in [6.45, 7) is 4.62. The molecule has 2 aliphatic rings. The van der Waals surface area contributed by atoms with E-state index in [1.807, 2.05) is 46.1 Å². The summed E-state index contributed by atoms with van der Waals surface area (Å²) < 4.78 is 18.3. The van der Waals surface area contributed by atoms with Crippen molar-refractivity contribution in [1.29, 1.82) is 0 Å². The Hall–Kier alpha value is -2.85. The first kappa shape index (κ1) is 31.7. The average molecular weight is 586 g/mol. The molecule has 1 N–H and O–H groups in total. The van der Waals surface area contributed by atoms with Crippen LogP contribution in [0.2, 0.25) is 0 Å². The second-order valence-corrected chi connectivity index (χ2v) is 9.96. The van der Waals surface area contributed by atoms with Crippen LogP contribution in [0.1, 0.15) is 46.4 Å². The number of rotatable bonds is 9. The predicted octanol–water partition coefficient (Wildman–Crippen LogP) is 3.77. The first-order valence-electron chi connectivity index (χ1n) is 13.4. The molecule has 2 aromatic carbocycles. The minimum atomic E-state index is -0.171. The Kier molecular flexibility index (Phi) is 12.1. The van der Waals surface area contributed by atoms with E-state index < -0.39 is 0 Å². The third-order valence-corrected chi connectivity index (χ3v) is 7.22. The molecule has 0 bridgehead atoms. The van der Waals surface area contributed by atoms with Gasteiger partial charge in [0.25, 0.3) is 5.91 Å². The van der Waals surface area contributed by atoms with Crippen molar-refractivity contribution in [2.75, 3.05) is 46.6 Å². The molecular weight excluding hydrogens is 547 g/mol. The van der Waals surface area contributed by atoms with Crippen LogP contribution >= 0.6 is 0 Å². The number of amides is 2. The van der Waals surface area contributed by atoms with Crippen molar-refractivity contribution in [3.05, 3.63) is 67.2 Å². The molecule has 2 amide bonds. The molecule has 1 aromatic heterocycles. The van der Waals surface area contributed by atoms with Crippen LogP contribution in [0.4, 0.5) is 0 Å². The number of ether oxygens (including phenoxy) is 3. The third-order valence-electron chi connectivity index (χ3n) is 7.22. The van der Waals surface area contributed by atoms with Crippen molar-refractivity contribution in [3.8, 4) is 5.75 Å². The normalized spacial score (nSPS) is 16.2. The zero-order valence-corrected chi connectivity index (χ0v) is 24.7. The van der Waals surface area contributed by atoms with Gasteiger partial charge in [0, 0.05) is 57.2 Å². The zero-order chi connectivity index (χ0) is 26.3. The summed E-state index contributed by atoms with van der Waals surface area (Å²) in [6.07, 6.45) is 5.77. The molecular formula is C30H38N4O5V. The Morgan fingerprint density at radius 2 is 1.80 bits per heavy atom. The van der Waals surface area contributed by atoms with Gasteiger partial charge in [0.2, 0.25) is 0 Å². The first-order chi connectivity index (χ1) is 18.6. The number of piperidine rings is 1. The van der Waals surface area contributed by atoms with E-state index in [9.17, 15) is 9.59 Å². The van der Waals surface area contributed by atoms with Gasteiger partial charge in [-0.2, -0.15) is 0 Å².